The van der Waals surface area contributed by atoms with E-state index in [4.69, 9.17) is 5.26 Å². The van der Waals surface area contributed by atoms with Gasteiger partial charge in [-0.1, -0.05) is 36.4 Å². The normalized spacial score (nSPS) is 17.5. The van der Waals surface area contributed by atoms with Crippen molar-refractivity contribution in [1.29, 1.82) is 5.26 Å². The molecule has 2 aromatic carbocycles. The molecular formula is C21H24N4O. The predicted octanol–water partition coefficient (Wildman–Crippen LogP) is 2.30. The first-order valence-corrected chi connectivity index (χ1v) is 9.22. The van der Waals surface area contributed by atoms with Crippen molar-refractivity contribution in [3.63, 3.8) is 0 Å². The number of hydrogen-bond acceptors (Lipinski definition) is 4. The van der Waals surface area contributed by atoms with Crippen molar-refractivity contribution in [2.45, 2.75) is 12.6 Å². The molecule has 0 amide bonds. The minimum Gasteiger partial charge on any atom is -0.390 e. The molecule has 0 aliphatic carbocycles. The lowest BCUT2D eigenvalue weighted by Gasteiger charge is -2.34. The van der Waals surface area contributed by atoms with Crippen molar-refractivity contribution >= 4 is 21.8 Å². The van der Waals surface area contributed by atoms with Gasteiger partial charge >= 0.3 is 0 Å². The van der Waals surface area contributed by atoms with Gasteiger partial charge in [-0.2, -0.15) is 5.26 Å². The van der Waals surface area contributed by atoms with Crippen LogP contribution in [-0.2, 0) is 6.54 Å². The van der Waals surface area contributed by atoms with Crippen LogP contribution in [0.15, 0.2) is 48.5 Å². The zero-order chi connectivity index (χ0) is 17.9. The molecule has 26 heavy (non-hydrogen) atoms. The van der Waals surface area contributed by atoms with Crippen molar-refractivity contribution in [3.8, 4) is 6.07 Å². The van der Waals surface area contributed by atoms with Crippen LogP contribution in [0.1, 0.15) is 0 Å². The monoisotopic (exact) mass is 348 g/mol. The first-order valence-electron chi connectivity index (χ1n) is 9.22. The Bertz CT molecular complexity index is 881. The van der Waals surface area contributed by atoms with Gasteiger partial charge in [0.05, 0.1) is 25.3 Å². The fraction of sp³-hybridized carbons (Fsp3) is 0.381. The van der Waals surface area contributed by atoms with E-state index in [-0.39, 0.29) is 0 Å². The van der Waals surface area contributed by atoms with Crippen LogP contribution >= 0.6 is 0 Å². The molecule has 2 heterocycles. The van der Waals surface area contributed by atoms with Gasteiger partial charge in [-0.05, 0) is 12.1 Å². The molecule has 1 N–H and O–H groups in total. The van der Waals surface area contributed by atoms with E-state index in [1.54, 1.807) is 0 Å². The van der Waals surface area contributed by atoms with Crippen LogP contribution in [-0.4, -0.2) is 64.8 Å². The Morgan fingerprint density at radius 1 is 0.846 bits per heavy atom. The Hall–Kier alpha value is -2.39. The standard InChI is InChI=1S/C21H24N4O/c22-9-10-23-11-13-24(14-12-23)15-17(26)16-25-20-7-3-1-5-18(20)19-6-2-4-8-21(19)25/h1-8,17,26H,10-16H2/t17-/m0/s1. The smallest absolute Gasteiger partial charge is 0.0866 e. The maximum absolute atomic E-state index is 10.7. The molecule has 0 radical (unpaired) electrons. The van der Waals surface area contributed by atoms with E-state index < -0.39 is 6.10 Å². The number of aliphatic hydroxyl groups excluding tert-OH is 1. The molecule has 0 saturated carbocycles. The predicted molar refractivity (Wildman–Crippen MR) is 104 cm³/mol. The number of fused-ring (bicyclic) bond motifs is 3. The molecule has 1 aromatic heterocycles. The summed E-state index contributed by atoms with van der Waals surface area (Å²) in [4.78, 5) is 4.46. The zero-order valence-corrected chi connectivity index (χ0v) is 14.9. The highest BCUT2D eigenvalue weighted by atomic mass is 16.3. The molecule has 1 aliphatic heterocycles. The van der Waals surface area contributed by atoms with Crippen molar-refractivity contribution in [3.05, 3.63) is 48.5 Å². The van der Waals surface area contributed by atoms with E-state index in [9.17, 15) is 5.11 Å². The van der Waals surface area contributed by atoms with Gasteiger partial charge in [0.1, 0.15) is 0 Å². The first kappa shape index (κ1) is 17.0. The fourth-order valence-corrected chi connectivity index (χ4v) is 4.00. The summed E-state index contributed by atoms with van der Waals surface area (Å²) in [7, 11) is 0. The fourth-order valence-electron chi connectivity index (χ4n) is 4.00. The lowest BCUT2D eigenvalue weighted by Crippen LogP contribution is -2.48. The molecule has 0 spiro atoms. The molecule has 5 heteroatoms. The van der Waals surface area contributed by atoms with Crippen molar-refractivity contribution in [1.82, 2.24) is 14.4 Å². The largest absolute Gasteiger partial charge is 0.390 e. The molecule has 4 rings (SSSR count). The second kappa shape index (κ2) is 7.46. The number of benzene rings is 2. The van der Waals surface area contributed by atoms with Crippen LogP contribution < -0.4 is 0 Å². The van der Waals surface area contributed by atoms with E-state index in [1.165, 1.54) is 21.8 Å². The number of aromatic nitrogens is 1. The summed E-state index contributed by atoms with van der Waals surface area (Å²) in [6, 6.07) is 19.0. The number of nitriles is 1. The van der Waals surface area contributed by atoms with Crippen LogP contribution in [0.5, 0.6) is 0 Å². The minimum absolute atomic E-state index is 0.420. The number of piperazine rings is 1. The van der Waals surface area contributed by atoms with Crippen molar-refractivity contribution in [2.75, 3.05) is 39.3 Å². The highest BCUT2D eigenvalue weighted by Gasteiger charge is 2.20. The van der Waals surface area contributed by atoms with E-state index in [0.717, 1.165) is 26.2 Å². The second-order valence-corrected chi connectivity index (χ2v) is 7.03. The van der Waals surface area contributed by atoms with Gasteiger partial charge in [0.15, 0.2) is 0 Å². The van der Waals surface area contributed by atoms with Gasteiger partial charge in [-0.3, -0.25) is 9.80 Å². The average molecular weight is 348 g/mol. The number of aliphatic hydroxyl groups is 1. The van der Waals surface area contributed by atoms with Gasteiger partial charge in [-0.15, -0.1) is 0 Å². The topological polar surface area (TPSA) is 55.4 Å². The van der Waals surface area contributed by atoms with Gasteiger partial charge in [0, 0.05) is 54.5 Å². The lowest BCUT2D eigenvalue weighted by atomic mass is 10.2. The van der Waals surface area contributed by atoms with Gasteiger partial charge < -0.3 is 9.67 Å². The molecule has 1 saturated heterocycles. The van der Waals surface area contributed by atoms with Crippen LogP contribution in [0.4, 0.5) is 0 Å². The second-order valence-electron chi connectivity index (χ2n) is 7.03. The van der Waals surface area contributed by atoms with Crippen molar-refractivity contribution in [2.24, 2.45) is 0 Å². The Morgan fingerprint density at radius 3 is 1.96 bits per heavy atom. The lowest BCUT2D eigenvalue weighted by molar-refractivity contribution is 0.0691. The molecule has 5 nitrogen and oxygen atoms in total. The third kappa shape index (κ3) is 3.32. The molecule has 1 atom stereocenters. The number of nitrogens with zero attached hydrogens (tertiary/aromatic N) is 4. The Labute approximate surface area is 153 Å². The third-order valence-corrected chi connectivity index (χ3v) is 5.30. The first-order chi connectivity index (χ1) is 12.8. The summed E-state index contributed by atoms with van der Waals surface area (Å²) in [5.41, 5.74) is 2.35. The Kier molecular flexibility index (Phi) is 4.89. The Morgan fingerprint density at radius 2 is 1.38 bits per heavy atom. The summed E-state index contributed by atoms with van der Waals surface area (Å²) in [6.07, 6.45) is -0.420. The van der Waals surface area contributed by atoms with Crippen LogP contribution in [0, 0.1) is 11.3 Å². The highest BCUT2D eigenvalue weighted by molar-refractivity contribution is 6.07. The quantitative estimate of drug-likeness (QED) is 0.719. The highest BCUT2D eigenvalue weighted by Crippen LogP contribution is 2.28. The minimum atomic E-state index is -0.420. The van der Waals surface area contributed by atoms with E-state index in [0.29, 0.717) is 19.6 Å². The molecule has 0 bridgehead atoms. The maximum Gasteiger partial charge on any atom is 0.0866 e. The van der Waals surface area contributed by atoms with Crippen LogP contribution in [0.3, 0.4) is 0 Å². The van der Waals surface area contributed by atoms with Crippen LogP contribution in [0.2, 0.25) is 0 Å². The van der Waals surface area contributed by atoms with Crippen molar-refractivity contribution < 1.29 is 5.11 Å². The molecule has 134 valence electrons. The summed E-state index contributed by atoms with van der Waals surface area (Å²) in [5.74, 6) is 0. The SMILES string of the molecule is N#CCN1CCN(C[C@H](O)Cn2c3ccccc3c3ccccc32)CC1. The van der Waals surface area contributed by atoms with Gasteiger partial charge in [0.2, 0.25) is 0 Å². The van der Waals surface area contributed by atoms with E-state index in [2.05, 4.69) is 69.0 Å². The zero-order valence-electron chi connectivity index (χ0n) is 14.9. The van der Waals surface area contributed by atoms with Gasteiger partial charge in [-0.25, -0.2) is 0 Å². The summed E-state index contributed by atoms with van der Waals surface area (Å²) < 4.78 is 2.24. The summed E-state index contributed by atoms with van der Waals surface area (Å²) in [6.45, 7) is 5.37. The number of rotatable bonds is 5. The van der Waals surface area contributed by atoms with E-state index in [1.807, 2.05) is 0 Å². The summed E-state index contributed by atoms with van der Waals surface area (Å²) in [5, 5.41) is 22.0. The molecule has 0 unspecified atom stereocenters. The Balaban J connectivity index is 1.49. The molecule has 3 aromatic rings. The molecule has 1 aliphatic rings. The van der Waals surface area contributed by atoms with E-state index >= 15 is 0 Å². The summed E-state index contributed by atoms with van der Waals surface area (Å²) >= 11 is 0. The number of para-hydroxylation sites is 2. The third-order valence-electron chi connectivity index (χ3n) is 5.30. The average Bonchev–Trinajstić information content (AvgIpc) is 2.98. The maximum atomic E-state index is 10.7. The molecular weight excluding hydrogens is 324 g/mol. The van der Waals surface area contributed by atoms with Gasteiger partial charge in [0.25, 0.3) is 0 Å². The molecule has 1 fully saturated rings. The number of hydrogen-bond donors (Lipinski definition) is 1. The van der Waals surface area contributed by atoms with Crippen LogP contribution in [0.25, 0.3) is 21.8 Å². The number of β-amino-alcohol motifs (C(OH)–C–C–N with tert-alkyl or cyclic N) is 1.